The number of carboxylic acid groups (broad SMARTS) is 1. The number of carbonyl (C=O) groups excluding carboxylic acids is 1. The van der Waals surface area contributed by atoms with Crippen LogP contribution in [0.5, 0.6) is 0 Å². The molecule has 0 saturated carbocycles. The summed E-state index contributed by atoms with van der Waals surface area (Å²) in [5.41, 5.74) is -2.34. The summed E-state index contributed by atoms with van der Waals surface area (Å²) in [6, 6.07) is 2.34. The zero-order valence-electron chi connectivity index (χ0n) is 8.57. The Morgan fingerprint density at radius 1 is 1.29 bits per heavy atom. The first-order valence-electron chi connectivity index (χ1n) is 4.78. The van der Waals surface area contributed by atoms with E-state index in [1.807, 2.05) is 0 Å². The molecule has 0 unspecified atom stereocenters. The van der Waals surface area contributed by atoms with Gasteiger partial charge in [0.05, 0.1) is 18.8 Å². The average molecular weight is 242 g/mol. The zero-order chi connectivity index (χ0) is 12.6. The second-order valence-corrected chi connectivity index (χ2v) is 3.83. The van der Waals surface area contributed by atoms with Crippen LogP contribution in [-0.2, 0) is 9.53 Å². The maximum absolute atomic E-state index is 13.4. The van der Waals surface area contributed by atoms with Gasteiger partial charge in [-0.15, -0.1) is 0 Å². The molecule has 1 saturated heterocycles. The van der Waals surface area contributed by atoms with Crippen LogP contribution in [0, 0.1) is 17.0 Å². The quantitative estimate of drug-likeness (QED) is 0.640. The molecule has 0 atom stereocenters. The van der Waals surface area contributed by atoms with Gasteiger partial charge >= 0.3 is 5.97 Å². The number of rotatable bonds is 3. The third kappa shape index (κ3) is 1.70. The van der Waals surface area contributed by atoms with Crippen LogP contribution in [0.1, 0.15) is 10.4 Å². The first kappa shape index (κ1) is 11.7. The van der Waals surface area contributed by atoms with E-state index in [9.17, 15) is 18.4 Å². The molecule has 1 aliphatic heterocycles. The Hall–Kier alpha value is -1.82. The highest BCUT2D eigenvalue weighted by Crippen LogP contribution is 2.33. The van der Waals surface area contributed by atoms with Crippen LogP contribution >= 0.6 is 0 Å². The number of hydrogen-bond donors (Lipinski definition) is 1. The molecule has 0 bridgehead atoms. The number of benzene rings is 1. The van der Waals surface area contributed by atoms with E-state index in [1.54, 1.807) is 0 Å². The van der Waals surface area contributed by atoms with Gasteiger partial charge in [0, 0.05) is 0 Å². The normalized spacial score (nSPS) is 17.3. The summed E-state index contributed by atoms with van der Waals surface area (Å²) in [5.74, 6) is -4.09. The van der Waals surface area contributed by atoms with Crippen LogP contribution < -0.4 is 0 Å². The van der Waals surface area contributed by atoms with Gasteiger partial charge in [0.15, 0.2) is 11.2 Å². The highest BCUT2D eigenvalue weighted by Gasteiger charge is 2.53. The van der Waals surface area contributed by atoms with Gasteiger partial charge in [-0.2, -0.15) is 0 Å². The maximum Gasteiger partial charge on any atom is 0.322 e. The lowest BCUT2D eigenvalue weighted by molar-refractivity contribution is -0.169. The van der Waals surface area contributed by atoms with E-state index in [-0.39, 0.29) is 13.2 Å². The van der Waals surface area contributed by atoms with Crippen molar-refractivity contribution >= 4 is 11.8 Å². The minimum atomic E-state index is -1.78. The fourth-order valence-corrected chi connectivity index (χ4v) is 1.59. The Morgan fingerprint density at radius 2 is 1.94 bits per heavy atom. The van der Waals surface area contributed by atoms with Crippen LogP contribution in [0.15, 0.2) is 18.2 Å². The molecule has 90 valence electrons. The van der Waals surface area contributed by atoms with Gasteiger partial charge < -0.3 is 9.84 Å². The Labute approximate surface area is 94.8 Å². The number of carbonyl (C=O) groups is 2. The monoisotopic (exact) mass is 242 g/mol. The number of Topliss-reactive ketones (excluding diaryl/α,β-unsaturated/α-hetero) is 1. The molecule has 17 heavy (non-hydrogen) atoms. The number of aliphatic carboxylic acids is 1. The Morgan fingerprint density at radius 3 is 2.41 bits per heavy atom. The minimum absolute atomic E-state index is 0.322. The summed E-state index contributed by atoms with van der Waals surface area (Å²) in [7, 11) is 0. The van der Waals surface area contributed by atoms with E-state index in [4.69, 9.17) is 9.84 Å². The molecule has 1 N–H and O–H groups in total. The lowest BCUT2D eigenvalue weighted by Gasteiger charge is -2.35. The minimum Gasteiger partial charge on any atom is -0.480 e. The molecule has 0 aliphatic carbocycles. The van der Waals surface area contributed by atoms with Crippen molar-refractivity contribution in [3.8, 4) is 0 Å². The summed E-state index contributed by atoms with van der Waals surface area (Å²) in [4.78, 5) is 22.9. The van der Waals surface area contributed by atoms with Crippen LogP contribution in [0.2, 0.25) is 0 Å². The summed E-state index contributed by atoms with van der Waals surface area (Å²) in [6.45, 7) is -0.645. The third-order valence-corrected chi connectivity index (χ3v) is 2.71. The largest absolute Gasteiger partial charge is 0.480 e. The smallest absolute Gasteiger partial charge is 0.322 e. The summed E-state index contributed by atoms with van der Waals surface area (Å²) in [6.07, 6.45) is 0. The molecule has 1 fully saturated rings. The molecule has 2 rings (SSSR count). The van der Waals surface area contributed by atoms with Crippen LogP contribution in [0.3, 0.4) is 0 Å². The number of carboxylic acids is 1. The SMILES string of the molecule is O=C(O)C1(C(=O)c2cc(F)ccc2F)COC1. The molecule has 0 aromatic heterocycles. The zero-order valence-corrected chi connectivity index (χ0v) is 8.57. The fourth-order valence-electron chi connectivity index (χ4n) is 1.59. The highest BCUT2D eigenvalue weighted by molar-refractivity contribution is 6.13. The van der Waals surface area contributed by atoms with Gasteiger partial charge in [-0.3, -0.25) is 9.59 Å². The lowest BCUT2D eigenvalue weighted by atomic mass is 9.78. The van der Waals surface area contributed by atoms with E-state index < -0.39 is 34.4 Å². The summed E-state index contributed by atoms with van der Waals surface area (Å²) < 4.78 is 31.0. The molecule has 1 aliphatic rings. The fraction of sp³-hybridized carbons (Fsp3) is 0.273. The van der Waals surface area contributed by atoms with Gasteiger partial charge in [0.1, 0.15) is 11.6 Å². The number of hydrogen-bond acceptors (Lipinski definition) is 3. The summed E-state index contributed by atoms with van der Waals surface area (Å²) in [5, 5.41) is 8.96. The van der Waals surface area contributed by atoms with Crippen LogP contribution in [0.4, 0.5) is 8.78 Å². The second-order valence-electron chi connectivity index (χ2n) is 3.83. The van der Waals surface area contributed by atoms with Gasteiger partial charge in [0.25, 0.3) is 0 Å². The highest BCUT2D eigenvalue weighted by atomic mass is 19.1. The van der Waals surface area contributed by atoms with E-state index in [0.29, 0.717) is 6.07 Å². The average Bonchev–Trinajstić information content (AvgIpc) is 2.19. The first-order valence-corrected chi connectivity index (χ1v) is 4.78. The third-order valence-electron chi connectivity index (χ3n) is 2.71. The van der Waals surface area contributed by atoms with Crippen molar-refractivity contribution in [1.82, 2.24) is 0 Å². The molecule has 6 heteroatoms. The van der Waals surface area contributed by atoms with Crippen LogP contribution in [-0.4, -0.2) is 30.1 Å². The van der Waals surface area contributed by atoms with Crippen molar-refractivity contribution in [2.24, 2.45) is 5.41 Å². The molecule has 1 aromatic carbocycles. The first-order chi connectivity index (χ1) is 7.97. The molecule has 0 radical (unpaired) electrons. The van der Waals surface area contributed by atoms with Gasteiger partial charge in [-0.05, 0) is 18.2 Å². The molecule has 1 heterocycles. The second kappa shape index (κ2) is 3.89. The predicted molar refractivity (Wildman–Crippen MR) is 51.6 cm³/mol. The number of ketones is 1. The lowest BCUT2D eigenvalue weighted by Crippen LogP contribution is -2.55. The number of ether oxygens (including phenoxy) is 1. The summed E-state index contributed by atoms with van der Waals surface area (Å²) >= 11 is 0. The molecule has 0 spiro atoms. The van der Waals surface area contributed by atoms with E-state index >= 15 is 0 Å². The van der Waals surface area contributed by atoms with E-state index in [1.165, 1.54) is 0 Å². The predicted octanol–water partition coefficient (Wildman–Crippen LogP) is 1.25. The molecular formula is C11H8F2O4. The van der Waals surface area contributed by atoms with Gasteiger partial charge in [-0.25, -0.2) is 8.78 Å². The van der Waals surface area contributed by atoms with E-state index in [0.717, 1.165) is 12.1 Å². The van der Waals surface area contributed by atoms with Crippen molar-refractivity contribution in [2.75, 3.05) is 13.2 Å². The number of halogens is 2. The van der Waals surface area contributed by atoms with E-state index in [2.05, 4.69) is 0 Å². The van der Waals surface area contributed by atoms with Gasteiger partial charge in [0.2, 0.25) is 0 Å². The Bertz CT molecular complexity index is 494. The Kier molecular flexibility index (Phi) is 2.66. The maximum atomic E-state index is 13.4. The topological polar surface area (TPSA) is 63.6 Å². The standard InChI is InChI=1S/C11H8F2O4/c12-6-1-2-8(13)7(3-6)9(14)11(10(15)16)4-17-5-11/h1-3H,4-5H2,(H,15,16). The molecular weight excluding hydrogens is 234 g/mol. The van der Waals surface area contributed by atoms with Crippen molar-refractivity contribution in [3.63, 3.8) is 0 Å². The molecule has 0 amide bonds. The van der Waals surface area contributed by atoms with Crippen molar-refractivity contribution in [2.45, 2.75) is 0 Å². The molecule has 4 nitrogen and oxygen atoms in total. The Balaban J connectivity index is 2.43. The van der Waals surface area contributed by atoms with Crippen molar-refractivity contribution in [3.05, 3.63) is 35.4 Å². The molecule has 1 aromatic rings. The van der Waals surface area contributed by atoms with Gasteiger partial charge in [-0.1, -0.05) is 0 Å². The van der Waals surface area contributed by atoms with Crippen molar-refractivity contribution < 1.29 is 28.2 Å². The van der Waals surface area contributed by atoms with Crippen molar-refractivity contribution in [1.29, 1.82) is 0 Å². The van der Waals surface area contributed by atoms with Crippen LogP contribution in [0.25, 0.3) is 0 Å².